The fourth-order valence-electron chi connectivity index (χ4n) is 7.30. The van der Waals surface area contributed by atoms with Gasteiger partial charge in [-0.05, 0) is 99.8 Å². The lowest BCUT2D eigenvalue weighted by Gasteiger charge is -2.26. The predicted octanol–water partition coefficient (Wildman–Crippen LogP) is 13.4. The summed E-state index contributed by atoms with van der Waals surface area (Å²) in [6.45, 7) is 0. The van der Waals surface area contributed by atoms with E-state index in [1.165, 1.54) is 21.9 Å². The number of hydrogen-bond acceptors (Lipinski definition) is 3. The number of furan rings is 2. The molecular weight excluding hydrogens is 599 g/mol. The third kappa shape index (κ3) is 4.59. The first-order valence-corrected chi connectivity index (χ1v) is 16.6. The van der Waals surface area contributed by atoms with Crippen molar-refractivity contribution in [1.82, 2.24) is 0 Å². The summed E-state index contributed by atoms with van der Waals surface area (Å²) < 4.78 is 12.5. The Morgan fingerprint density at radius 3 is 1.84 bits per heavy atom. The van der Waals surface area contributed by atoms with E-state index in [9.17, 15) is 0 Å². The molecule has 0 spiro atoms. The van der Waals surface area contributed by atoms with E-state index < -0.39 is 0 Å². The number of benzene rings is 8. The summed E-state index contributed by atoms with van der Waals surface area (Å²) in [6, 6.07) is 62.2. The van der Waals surface area contributed by atoms with Crippen molar-refractivity contribution in [2.75, 3.05) is 4.90 Å². The topological polar surface area (TPSA) is 29.5 Å². The van der Waals surface area contributed by atoms with E-state index in [-0.39, 0.29) is 0 Å². The third-order valence-electron chi connectivity index (χ3n) is 9.64. The van der Waals surface area contributed by atoms with E-state index in [2.05, 4.69) is 157 Å². The van der Waals surface area contributed by atoms with E-state index in [0.717, 1.165) is 72.1 Å². The summed E-state index contributed by atoms with van der Waals surface area (Å²) in [5.41, 5.74) is 11.4. The summed E-state index contributed by atoms with van der Waals surface area (Å²) in [6.07, 6.45) is 0. The second-order valence-electron chi connectivity index (χ2n) is 12.6. The molecular formula is C46H29NO2. The molecule has 0 aliphatic rings. The van der Waals surface area contributed by atoms with Gasteiger partial charge in [0, 0.05) is 38.6 Å². The smallest absolute Gasteiger partial charge is 0.136 e. The van der Waals surface area contributed by atoms with Gasteiger partial charge in [-0.1, -0.05) is 109 Å². The maximum Gasteiger partial charge on any atom is 0.136 e. The number of fused-ring (bicyclic) bond motifs is 7. The molecule has 0 saturated heterocycles. The Kier molecular flexibility index (Phi) is 6.18. The molecule has 0 amide bonds. The highest BCUT2D eigenvalue weighted by atomic mass is 16.3. The number of hydrogen-bond donors (Lipinski definition) is 0. The minimum atomic E-state index is 0.879. The summed E-state index contributed by atoms with van der Waals surface area (Å²) >= 11 is 0. The van der Waals surface area contributed by atoms with Gasteiger partial charge in [0.15, 0.2) is 0 Å². The fraction of sp³-hybridized carbons (Fsp3) is 0. The van der Waals surface area contributed by atoms with Gasteiger partial charge in [0.2, 0.25) is 0 Å². The predicted molar refractivity (Wildman–Crippen MR) is 204 cm³/mol. The van der Waals surface area contributed by atoms with E-state index in [1.54, 1.807) is 0 Å². The molecule has 0 unspecified atom stereocenters. The number of anilines is 3. The van der Waals surface area contributed by atoms with Crippen LogP contribution in [0.1, 0.15) is 0 Å². The van der Waals surface area contributed by atoms with Crippen LogP contribution in [0.5, 0.6) is 0 Å². The molecule has 0 bridgehead atoms. The lowest BCUT2D eigenvalue weighted by molar-refractivity contribution is 0.668. The van der Waals surface area contributed by atoms with Gasteiger partial charge < -0.3 is 13.7 Å². The molecule has 0 atom stereocenters. The number of rotatable bonds is 5. The molecule has 10 aromatic rings. The second kappa shape index (κ2) is 11.0. The van der Waals surface area contributed by atoms with Crippen LogP contribution in [0.2, 0.25) is 0 Å². The molecule has 0 N–H and O–H groups in total. The van der Waals surface area contributed by atoms with Crippen LogP contribution in [-0.4, -0.2) is 0 Å². The molecule has 3 nitrogen and oxygen atoms in total. The van der Waals surface area contributed by atoms with Gasteiger partial charge in [-0.15, -0.1) is 0 Å². The van der Waals surface area contributed by atoms with Crippen molar-refractivity contribution in [2.24, 2.45) is 0 Å². The maximum atomic E-state index is 6.25. The second-order valence-corrected chi connectivity index (χ2v) is 12.6. The first kappa shape index (κ1) is 27.5. The van der Waals surface area contributed by atoms with Gasteiger partial charge in [-0.2, -0.15) is 0 Å². The van der Waals surface area contributed by atoms with Crippen molar-refractivity contribution in [1.29, 1.82) is 0 Å². The summed E-state index contributed by atoms with van der Waals surface area (Å²) in [4.78, 5) is 2.34. The highest BCUT2D eigenvalue weighted by Crippen LogP contribution is 2.42. The molecule has 0 saturated carbocycles. The molecule has 8 aromatic carbocycles. The fourth-order valence-corrected chi connectivity index (χ4v) is 7.30. The van der Waals surface area contributed by atoms with Gasteiger partial charge in [-0.3, -0.25) is 0 Å². The molecule has 0 fully saturated rings. The summed E-state index contributed by atoms with van der Waals surface area (Å²) in [5, 5.41) is 6.94. The first-order chi connectivity index (χ1) is 24.3. The quantitative estimate of drug-likeness (QED) is 0.190. The van der Waals surface area contributed by atoms with Crippen molar-refractivity contribution in [2.45, 2.75) is 0 Å². The average molecular weight is 628 g/mol. The van der Waals surface area contributed by atoms with Crippen LogP contribution in [-0.2, 0) is 0 Å². The largest absolute Gasteiger partial charge is 0.456 e. The van der Waals surface area contributed by atoms with Crippen LogP contribution in [0.15, 0.2) is 185 Å². The monoisotopic (exact) mass is 627 g/mol. The summed E-state index contributed by atoms with van der Waals surface area (Å²) in [7, 11) is 0. The Labute approximate surface area is 282 Å². The van der Waals surface area contributed by atoms with Gasteiger partial charge >= 0.3 is 0 Å². The Bertz CT molecular complexity index is 2840. The van der Waals surface area contributed by atoms with Crippen LogP contribution in [0.3, 0.4) is 0 Å². The molecule has 0 aliphatic carbocycles. The first-order valence-electron chi connectivity index (χ1n) is 16.6. The molecule has 2 aromatic heterocycles. The van der Waals surface area contributed by atoms with Crippen molar-refractivity contribution < 1.29 is 8.83 Å². The van der Waals surface area contributed by atoms with Gasteiger partial charge in [0.1, 0.15) is 22.3 Å². The van der Waals surface area contributed by atoms with Gasteiger partial charge in [-0.25, -0.2) is 0 Å². The van der Waals surface area contributed by atoms with Gasteiger partial charge in [0.05, 0.1) is 0 Å². The van der Waals surface area contributed by atoms with Crippen LogP contribution in [0, 0.1) is 0 Å². The van der Waals surface area contributed by atoms with E-state index in [1.807, 2.05) is 24.3 Å². The lowest BCUT2D eigenvalue weighted by atomic mass is 9.98. The zero-order valence-electron chi connectivity index (χ0n) is 26.5. The normalized spacial score (nSPS) is 11.7. The lowest BCUT2D eigenvalue weighted by Crippen LogP contribution is -2.10. The van der Waals surface area contributed by atoms with Gasteiger partial charge in [0.25, 0.3) is 0 Å². The number of para-hydroxylation sites is 2. The molecule has 49 heavy (non-hydrogen) atoms. The zero-order chi connectivity index (χ0) is 32.3. The van der Waals surface area contributed by atoms with E-state index >= 15 is 0 Å². The number of nitrogens with zero attached hydrogens (tertiary/aromatic N) is 1. The molecule has 0 aliphatic heterocycles. The van der Waals surface area contributed by atoms with Crippen LogP contribution in [0.25, 0.3) is 76.9 Å². The standard InChI is InChI=1S/C46H29NO2/c1-2-10-32-27-33(20-19-30(32)9-1)31-21-23-35(24-22-31)47(37-25-26-44-41(29-37)39-13-3-5-16-42(39)48-44)36-12-7-11-34(28-36)38-15-8-18-45-46(38)40-14-4-6-17-43(40)49-45/h1-29H. The average Bonchev–Trinajstić information content (AvgIpc) is 3.73. The zero-order valence-corrected chi connectivity index (χ0v) is 26.5. The summed E-state index contributed by atoms with van der Waals surface area (Å²) in [5.74, 6) is 0. The molecule has 10 rings (SSSR count). The van der Waals surface area contributed by atoms with Crippen LogP contribution < -0.4 is 4.90 Å². The Morgan fingerprint density at radius 2 is 0.959 bits per heavy atom. The van der Waals surface area contributed by atoms with Crippen molar-refractivity contribution in [3.8, 4) is 22.3 Å². The maximum absolute atomic E-state index is 6.25. The molecule has 230 valence electrons. The molecule has 2 heterocycles. The Morgan fingerprint density at radius 1 is 0.327 bits per heavy atom. The van der Waals surface area contributed by atoms with E-state index in [4.69, 9.17) is 8.83 Å². The SMILES string of the molecule is c1cc(-c2cccc3oc4ccccc4c23)cc(N(c2ccc(-c3ccc4ccccc4c3)cc2)c2ccc3oc4ccccc4c3c2)c1. The Hall–Kier alpha value is -6.58. The highest BCUT2D eigenvalue weighted by molar-refractivity contribution is 6.12. The molecule has 0 radical (unpaired) electrons. The minimum absolute atomic E-state index is 0.879. The van der Waals surface area contributed by atoms with E-state index in [0.29, 0.717) is 0 Å². The van der Waals surface area contributed by atoms with Crippen LogP contribution >= 0.6 is 0 Å². The highest BCUT2D eigenvalue weighted by Gasteiger charge is 2.18. The van der Waals surface area contributed by atoms with Crippen molar-refractivity contribution in [3.05, 3.63) is 176 Å². The minimum Gasteiger partial charge on any atom is -0.456 e. The van der Waals surface area contributed by atoms with Crippen molar-refractivity contribution in [3.63, 3.8) is 0 Å². The third-order valence-corrected chi connectivity index (χ3v) is 9.64. The molecule has 3 heteroatoms. The van der Waals surface area contributed by atoms with Crippen LogP contribution in [0.4, 0.5) is 17.1 Å². The van der Waals surface area contributed by atoms with Crippen molar-refractivity contribution >= 4 is 71.7 Å². The Balaban J connectivity index is 1.14.